The number of pyridine rings is 1. The van der Waals surface area contributed by atoms with Crippen LogP contribution in [0.15, 0.2) is 66.9 Å². The normalized spacial score (nSPS) is 11.8. The minimum Gasteiger partial charge on any atom is -0.481 e. The molecule has 0 aliphatic carbocycles. The fourth-order valence-corrected chi connectivity index (χ4v) is 4.14. The van der Waals surface area contributed by atoms with E-state index in [1.165, 1.54) is 18.3 Å². The van der Waals surface area contributed by atoms with Crippen LogP contribution in [0.2, 0.25) is 0 Å². The average Bonchev–Trinajstić information content (AvgIpc) is 2.81. The molecule has 1 atom stereocenters. The highest BCUT2D eigenvalue weighted by Crippen LogP contribution is 2.18. The second-order valence-corrected chi connectivity index (χ2v) is 10.1. The van der Waals surface area contributed by atoms with Crippen LogP contribution in [0.3, 0.4) is 0 Å². The van der Waals surface area contributed by atoms with Crippen LogP contribution in [0.25, 0.3) is 0 Å². The lowest BCUT2D eigenvalue weighted by atomic mass is 10.1. The van der Waals surface area contributed by atoms with Gasteiger partial charge in [-0.15, -0.1) is 0 Å². The van der Waals surface area contributed by atoms with Gasteiger partial charge in [0.05, 0.1) is 42.7 Å². The van der Waals surface area contributed by atoms with E-state index in [9.17, 15) is 22.8 Å². The predicted octanol–water partition coefficient (Wildman–Crippen LogP) is 3.28. The molecule has 0 aliphatic heterocycles. The van der Waals surface area contributed by atoms with Crippen molar-refractivity contribution in [3.63, 3.8) is 0 Å². The molecule has 3 aromatic rings. The summed E-state index contributed by atoms with van der Waals surface area (Å²) in [5, 5.41) is 17.3. The summed E-state index contributed by atoms with van der Waals surface area (Å²) >= 11 is 0. The minimum absolute atomic E-state index is 0.0642. The Kier molecular flexibility index (Phi) is 8.93. The van der Waals surface area contributed by atoms with Crippen LogP contribution >= 0.6 is 0 Å². The monoisotopic (exact) mass is 525 g/mol. The lowest BCUT2D eigenvalue weighted by Crippen LogP contribution is -2.29. The Bertz CT molecular complexity index is 1380. The third-order valence-electron chi connectivity index (χ3n) is 5.13. The molecule has 0 bridgehead atoms. The van der Waals surface area contributed by atoms with E-state index in [0.29, 0.717) is 22.6 Å². The molecule has 3 amide bonds. The number of aryl methyl sites for hydroxylation is 1. The van der Waals surface area contributed by atoms with Crippen molar-refractivity contribution in [2.24, 2.45) is 0 Å². The van der Waals surface area contributed by atoms with E-state index in [2.05, 4.69) is 25.7 Å². The number of benzene rings is 2. The molecule has 1 unspecified atom stereocenters. The van der Waals surface area contributed by atoms with Crippen LogP contribution in [-0.4, -0.2) is 42.7 Å². The van der Waals surface area contributed by atoms with Crippen molar-refractivity contribution in [1.82, 2.24) is 9.71 Å². The quantitative estimate of drug-likeness (QED) is 0.271. The molecule has 2 aromatic carbocycles. The van der Waals surface area contributed by atoms with Crippen LogP contribution in [0.5, 0.6) is 0 Å². The smallest absolute Gasteiger partial charge is 0.323 e. The van der Waals surface area contributed by atoms with Crippen molar-refractivity contribution < 1.29 is 27.9 Å². The van der Waals surface area contributed by atoms with Gasteiger partial charge in [0.25, 0.3) is 0 Å². The van der Waals surface area contributed by atoms with Gasteiger partial charge in [0.2, 0.25) is 15.9 Å². The topological polar surface area (TPSA) is 167 Å². The third-order valence-corrected chi connectivity index (χ3v) is 5.84. The van der Waals surface area contributed by atoms with Gasteiger partial charge in [-0.3, -0.25) is 14.6 Å². The highest BCUT2D eigenvalue weighted by molar-refractivity contribution is 7.88. The maximum Gasteiger partial charge on any atom is 0.323 e. The number of anilines is 3. The Hall–Kier alpha value is -4.29. The van der Waals surface area contributed by atoms with Gasteiger partial charge in [-0.2, -0.15) is 0 Å². The second-order valence-electron chi connectivity index (χ2n) is 8.33. The molecule has 5 N–H and O–H groups in total. The highest BCUT2D eigenvalue weighted by Gasteiger charge is 2.20. The van der Waals surface area contributed by atoms with Crippen LogP contribution in [0.4, 0.5) is 21.9 Å². The number of sulfonamides is 1. The SMILES string of the molecule is Cc1ccccc1NC(=O)Nc1ccc(CC(=O)Nc2ccc(C(CC(=O)O)NS(C)(=O)=O)nc2)cc1. The first-order valence-corrected chi connectivity index (χ1v) is 13.0. The van der Waals surface area contributed by atoms with Crippen molar-refractivity contribution in [3.05, 3.63) is 83.7 Å². The summed E-state index contributed by atoms with van der Waals surface area (Å²) in [5.41, 5.74) is 3.50. The molecule has 12 heteroatoms. The number of carbonyl (C=O) groups excluding carboxylic acids is 2. The van der Waals surface area contributed by atoms with Crippen molar-refractivity contribution in [2.45, 2.75) is 25.8 Å². The molecular weight excluding hydrogens is 498 g/mol. The number of hydrogen-bond acceptors (Lipinski definition) is 6. The molecule has 0 spiro atoms. The number of carboxylic acid groups (broad SMARTS) is 1. The minimum atomic E-state index is -3.66. The zero-order valence-electron chi connectivity index (χ0n) is 20.2. The number of nitrogens with zero attached hydrogens (tertiary/aromatic N) is 1. The number of hydrogen-bond donors (Lipinski definition) is 5. The van der Waals surface area contributed by atoms with Crippen LogP contribution < -0.4 is 20.7 Å². The number of para-hydroxylation sites is 1. The van der Waals surface area contributed by atoms with E-state index in [0.717, 1.165) is 11.8 Å². The molecule has 11 nitrogen and oxygen atoms in total. The number of carboxylic acids is 1. The summed E-state index contributed by atoms with van der Waals surface area (Å²) in [6, 6.07) is 15.8. The van der Waals surface area contributed by atoms with Gasteiger partial charge < -0.3 is 21.1 Å². The first-order valence-electron chi connectivity index (χ1n) is 11.2. The maximum atomic E-state index is 12.4. The molecule has 0 radical (unpaired) electrons. The molecule has 0 saturated heterocycles. The number of amides is 3. The molecule has 0 saturated carbocycles. The summed E-state index contributed by atoms with van der Waals surface area (Å²) in [6.45, 7) is 1.90. The van der Waals surface area contributed by atoms with Crippen molar-refractivity contribution >= 4 is 45.0 Å². The number of rotatable bonds is 10. The highest BCUT2D eigenvalue weighted by atomic mass is 32.2. The first-order chi connectivity index (χ1) is 17.5. The van der Waals surface area contributed by atoms with Gasteiger partial charge in [0.15, 0.2) is 0 Å². The Balaban J connectivity index is 1.54. The van der Waals surface area contributed by atoms with Gasteiger partial charge in [-0.1, -0.05) is 30.3 Å². The molecule has 3 rings (SSSR count). The third kappa shape index (κ3) is 9.02. The van der Waals surface area contributed by atoms with Crippen LogP contribution in [0.1, 0.15) is 29.3 Å². The van der Waals surface area contributed by atoms with Crippen molar-refractivity contribution in [2.75, 3.05) is 22.2 Å². The van der Waals surface area contributed by atoms with Crippen molar-refractivity contribution in [3.8, 4) is 0 Å². The molecule has 1 aromatic heterocycles. The molecular formula is C25H27N5O6S. The van der Waals surface area contributed by atoms with E-state index in [-0.39, 0.29) is 24.1 Å². The number of aliphatic carboxylic acids is 1. The first kappa shape index (κ1) is 27.3. The Labute approximate surface area is 214 Å². The summed E-state index contributed by atoms with van der Waals surface area (Å²) < 4.78 is 25.3. The largest absolute Gasteiger partial charge is 0.481 e. The average molecular weight is 526 g/mol. The molecule has 0 aliphatic rings. The lowest BCUT2D eigenvalue weighted by Gasteiger charge is -2.15. The zero-order valence-corrected chi connectivity index (χ0v) is 21.0. The summed E-state index contributed by atoms with van der Waals surface area (Å²) in [6.07, 6.45) is 1.84. The Morgan fingerprint density at radius 3 is 2.19 bits per heavy atom. The second kappa shape index (κ2) is 12.1. The van der Waals surface area contributed by atoms with Crippen molar-refractivity contribution in [1.29, 1.82) is 0 Å². The molecule has 37 heavy (non-hydrogen) atoms. The van der Waals surface area contributed by atoms with E-state index in [1.54, 1.807) is 30.3 Å². The number of nitrogens with one attached hydrogen (secondary N) is 4. The molecule has 0 fully saturated rings. The number of urea groups is 1. The lowest BCUT2D eigenvalue weighted by molar-refractivity contribution is -0.137. The molecule has 194 valence electrons. The van der Waals surface area contributed by atoms with Gasteiger partial charge >= 0.3 is 12.0 Å². The molecule has 1 heterocycles. The summed E-state index contributed by atoms with van der Waals surface area (Å²) in [7, 11) is -3.66. The van der Waals surface area contributed by atoms with Crippen LogP contribution in [-0.2, 0) is 26.0 Å². The van der Waals surface area contributed by atoms with E-state index in [1.807, 2.05) is 25.1 Å². The zero-order chi connectivity index (χ0) is 27.0. The van der Waals surface area contributed by atoms with Gasteiger partial charge in [-0.05, 0) is 48.4 Å². The summed E-state index contributed by atoms with van der Waals surface area (Å²) in [5.74, 6) is -1.50. The van der Waals surface area contributed by atoms with E-state index in [4.69, 9.17) is 5.11 Å². The number of aromatic nitrogens is 1. The standard InChI is InChI=1S/C25H27N5O6S/c1-16-5-3-4-6-20(16)29-25(34)28-18-9-7-17(8-10-18)13-23(31)27-19-11-12-21(26-15-19)22(14-24(32)33)30-37(2,35)36/h3-12,15,22,30H,13-14H2,1-2H3,(H,27,31)(H,32,33)(H2,28,29,34). The van der Waals surface area contributed by atoms with Crippen LogP contribution in [0, 0.1) is 6.92 Å². The van der Waals surface area contributed by atoms with E-state index < -0.39 is 28.5 Å². The predicted molar refractivity (Wildman–Crippen MR) is 140 cm³/mol. The fraction of sp³-hybridized carbons (Fsp3) is 0.200. The van der Waals surface area contributed by atoms with Gasteiger partial charge in [-0.25, -0.2) is 17.9 Å². The Morgan fingerprint density at radius 2 is 1.59 bits per heavy atom. The maximum absolute atomic E-state index is 12.4. The number of carbonyl (C=O) groups is 3. The Morgan fingerprint density at radius 1 is 0.919 bits per heavy atom. The van der Waals surface area contributed by atoms with Gasteiger partial charge in [0, 0.05) is 11.4 Å². The van der Waals surface area contributed by atoms with Gasteiger partial charge in [0.1, 0.15) is 0 Å². The summed E-state index contributed by atoms with van der Waals surface area (Å²) in [4.78, 5) is 39.8. The fourth-order valence-electron chi connectivity index (χ4n) is 3.42. The van der Waals surface area contributed by atoms with E-state index >= 15 is 0 Å².